The Morgan fingerprint density at radius 2 is 1.17 bits per heavy atom. The number of carbonyl (C=O) groups excluding carboxylic acids is 1. The summed E-state index contributed by atoms with van der Waals surface area (Å²) < 4.78 is 50.7. The van der Waals surface area contributed by atoms with Crippen LogP contribution >= 0.6 is 23.5 Å². The molecule has 0 aromatic carbocycles. The van der Waals surface area contributed by atoms with Crippen LogP contribution in [0.5, 0.6) is 0 Å². The molecule has 2 heterocycles. The van der Waals surface area contributed by atoms with Gasteiger partial charge >= 0.3 is 23.5 Å². The van der Waals surface area contributed by atoms with Gasteiger partial charge in [0.05, 0.1) is 6.61 Å². The third-order valence-corrected chi connectivity index (χ3v) is 11.4. The Bertz CT molecular complexity index is 1300. The minimum Gasteiger partial charge on any atom is -0.387 e. The third-order valence-electron chi connectivity index (χ3n) is 7.56. The monoisotopic (exact) mass is 814 g/mol. The van der Waals surface area contributed by atoms with Crippen molar-refractivity contribution >= 4 is 29.4 Å². The van der Waals surface area contributed by atoms with E-state index in [0.29, 0.717) is 4.57 Å². The Kier molecular flexibility index (Phi) is 26.7. The summed E-state index contributed by atoms with van der Waals surface area (Å²) in [5.74, 6) is -1.18. The number of nitrogens with zero attached hydrogens (tertiary/aromatic N) is 5. The molecular weight excluding hydrogens is 753 g/mol. The number of ether oxygens (including phenoxy) is 1. The van der Waals surface area contributed by atoms with Gasteiger partial charge in [-0.2, -0.15) is 8.62 Å². The van der Waals surface area contributed by atoms with Crippen molar-refractivity contribution in [3.63, 3.8) is 0 Å². The largest absolute Gasteiger partial charge is 0.490 e. The molecule has 2 rings (SSSR count). The molecule has 0 radical (unpaired) electrons. The van der Waals surface area contributed by atoms with Crippen LogP contribution in [0, 0.1) is 0 Å². The highest BCUT2D eigenvalue weighted by Gasteiger charge is 2.47. The number of hydrogen-bond acceptors (Lipinski definition) is 15. The summed E-state index contributed by atoms with van der Waals surface area (Å²) in [5.41, 5.74) is 3.21. The van der Waals surface area contributed by atoms with Crippen LogP contribution in [0.15, 0.2) is 17.2 Å². The number of primary amides is 1. The molecular formula is C28H61N6O15P3. The van der Waals surface area contributed by atoms with Gasteiger partial charge in [0.2, 0.25) is 0 Å². The summed E-state index contributed by atoms with van der Waals surface area (Å²) in [6.07, 6.45) is -4.95. The van der Waals surface area contributed by atoms with E-state index in [1.165, 1.54) is 58.9 Å². The molecule has 1 fully saturated rings. The van der Waals surface area contributed by atoms with Crippen LogP contribution in [-0.2, 0) is 31.6 Å². The maximum Gasteiger partial charge on any atom is 0.490 e. The smallest absolute Gasteiger partial charge is 0.387 e. The van der Waals surface area contributed by atoms with E-state index >= 15 is 0 Å². The van der Waals surface area contributed by atoms with Crippen LogP contribution in [0.1, 0.15) is 79.0 Å². The maximum atomic E-state index is 12.2. The molecule has 24 heteroatoms. The van der Waals surface area contributed by atoms with Crippen molar-refractivity contribution in [3.05, 3.63) is 28.4 Å². The van der Waals surface area contributed by atoms with Gasteiger partial charge < -0.3 is 55.0 Å². The summed E-state index contributed by atoms with van der Waals surface area (Å²) in [7, 11) is -16.9. The Morgan fingerprint density at radius 3 is 1.50 bits per heavy atom. The zero-order chi connectivity index (χ0) is 40.9. The van der Waals surface area contributed by atoms with E-state index < -0.39 is 71.8 Å². The number of aliphatic hydroxyl groups is 2. The Balaban J connectivity index is 0. The normalized spacial score (nSPS) is 20.9. The molecule has 1 aromatic rings. The fourth-order valence-corrected chi connectivity index (χ4v) is 7.40. The fraction of sp³-hybridized carbons (Fsp3) is 0.821. The lowest BCUT2D eigenvalue weighted by molar-refractivity contribution is -0.0538. The van der Waals surface area contributed by atoms with Gasteiger partial charge in [-0.3, -0.25) is 18.7 Å². The topological polar surface area (TPSA) is 297 Å². The number of hydrogen-bond donors (Lipinski definition) is 7. The van der Waals surface area contributed by atoms with Crippen molar-refractivity contribution in [2.24, 2.45) is 5.73 Å². The first kappa shape index (κ1) is 52.6. The predicted octanol–water partition coefficient (Wildman–Crippen LogP) is 1.35. The van der Waals surface area contributed by atoms with Gasteiger partial charge in [-0.25, -0.2) is 18.7 Å². The summed E-state index contributed by atoms with van der Waals surface area (Å²) >= 11 is 0. The minimum absolute atomic E-state index is 0.659. The molecule has 4 unspecified atom stereocenters. The summed E-state index contributed by atoms with van der Waals surface area (Å²) in [6.45, 7) is 29.3. The van der Waals surface area contributed by atoms with E-state index in [9.17, 15) is 38.4 Å². The maximum absolute atomic E-state index is 12.2. The van der Waals surface area contributed by atoms with Crippen molar-refractivity contribution in [2.45, 2.75) is 86.9 Å². The predicted molar refractivity (Wildman–Crippen MR) is 193 cm³/mol. The standard InChI is InChI=1S/C10H16N3O15P3.3C6H15N/c11-8(16)5-9(17)13(2-1-12-5)10-7(15)6(14)4(26-10)3-25-30(21,22)28-31(23,24)27-29(18,19)20;3*1-4-7(5-2)6-3/h1-2,4,6-7,10,14-15H,3H2,(H2,11,16)(H,21,22)(H,23,24)(H2,18,19,20);3*4-6H2,1-3H3/t4-,6?,7?,10-;;;/m1.../s1. The number of nitrogens with two attached hydrogens (primary N) is 1. The lowest BCUT2D eigenvalue weighted by Gasteiger charge is -2.19. The van der Waals surface area contributed by atoms with Crippen molar-refractivity contribution in [3.8, 4) is 0 Å². The lowest BCUT2D eigenvalue weighted by atomic mass is 10.1. The van der Waals surface area contributed by atoms with E-state index in [1.54, 1.807) is 0 Å². The molecule has 6 atom stereocenters. The van der Waals surface area contributed by atoms with E-state index in [2.05, 4.69) is 95.1 Å². The van der Waals surface area contributed by atoms with E-state index in [-0.39, 0.29) is 0 Å². The summed E-state index contributed by atoms with van der Waals surface area (Å²) in [5, 5.41) is 20.1. The van der Waals surface area contributed by atoms with Gasteiger partial charge in [0.25, 0.3) is 11.5 Å². The highest BCUT2D eigenvalue weighted by Crippen LogP contribution is 2.66. The van der Waals surface area contributed by atoms with E-state index in [4.69, 9.17) is 25.2 Å². The first-order valence-corrected chi connectivity index (χ1v) is 21.4. The van der Waals surface area contributed by atoms with Crippen LogP contribution in [0.2, 0.25) is 0 Å². The Morgan fingerprint density at radius 1 is 0.769 bits per heavy atom. The van der Waals surface area contributed by atoms with Crippen molar-refractivity contribution in [1.29, 1.82) is 0 Å². The van der Waals surface area contributed by atoms with Gasteiger partial charge in [0, 0.05) is 12.4 Å². The van der Waals surface area contributed by atoms with Gasteiger partial charge in [0.15, 0.2) is 11.9 Å². The van der Waals surface area contributed by atoms with Crippen LogP contribution in [0.3, 0.4) is 0 Å². The number of aliphatic hydroxyl groups excluding tert-OH is 2. The molecule has 1 aliphatic rings. The number of phosphoric ester groups is 1. The molecule has 21 nitrogen and oxygen atoms in total. The molecule has 1 amide bonds. The zero-order valence-electron chi connectivity index (χ0n) is 31.5. The fourth-order valence-electron chi connectivity index (χ4n) is 4.37. The third kappa shape index (κ3) is 20.8. The number of rotatable bonds is 18. The number of amides is 1. The molecule has 0 aliphatic carbocycles. The second-order valence-corrected chi connectivity index (χ2v) is 15.1. The first-order valence-electron chi connectivity index (χ1n) is 16.9. The second-order valence-electron chi connectivity index (χ2n) is 10.6. The number of aromatic nitrogens is 2. The summed E-state index contributed by atoms with van der Waals surface area (Å²) in [4.78, 5) is 69.4. The SMILES string of the molecule is CCN(CC)CC.CCN(CC)CC.CCN(CC)CC.NC(=O)c1nccn([C@@H]2O[C@H](COP(=O)(O)OP(=O)(O)OP(=O)(O)O)C(O)C2O)c1=O. The van der Waals surface area contributed by atoms with E-state index in [1.807, 2.05) is 0 Å². The van der Waals surface area contributed by atoms with Gasteiger partial charge in [0.1, 0.15) is 18.3 Å². The minimum atomic E-state index is -5.76. The van der Waals surface area contributed by atoms with Crippen LogP contribution in [0.25, 0.3) is 0 Å². The molecule has 0 spiro atoms. The van der Waals surface area contributed by atoms with Gasteiger partial charge in [-0.15, -0.1) is 0 Å². The van der Waals surface area contributed by atoms with Crippen LogP contribution in [-0.4, -0.2) is 144 Å². The molecule has 8 N–H and O–H groups in total. The molecule has 308 valence electrons. The lowest BCUT2D eigenvalue weighted by Crippen LogP contribution is -2.38. The molecule has 0 bridgehead atoms. The number of carbonyl (C=O) groups is 1. The highest BCUT2D eigenvalue weighted by molar-refractivity contribution is 7.66. The Hall–Kier alpha value is -1.48. The van der Waals surface area contributed by atoms with Crippen molar-refractivity contribution in [1.82, 2.24) is 24.3 Å². The summed E-state index contributed by atoms with van der Waals surface area (Å²) in [6, 6.07) is 0. The van der Waals surface area contributed by atoms with Gasteiger partial charge in [-0.1, -0.05) is 62.3 Å². The van der Waals surface area contributed by atoms with Crippen LogP contribution < -0.4 is 11.3 Å². The van der Waals surface area contributed by atoms with Crippen molar-refractivity contribution in [2.75, 3.05) is 65.5 Å². The zero-order valence-corrected chi connectivity index (χ0v) is 34.2. The molecule has 1 aromatic heterocycles. The van der Waals surface area contributed by atoms with Crippen molar-refractivity contribution < 1.29 is 66.2 Å². The second kappa shape index (κ2) is 26.3. The van der Waals surface area contributed by atoms with Gasteiger partial charge in [-0.05, 0) is 58.9 Å². The molecule has 1 aliphatic heterocycles. The number of phosphoric acid groups is 3. The molecule has 0 saturated carbocycles. The van der Waals surface area contributed by atoms with E-state index in [0.717, 1.165) is 12.4 Å². The molecule has 52 heavy (non-hydrogen) atoms. The Labute approximate surface area is 306 Å². The highest BCUT2D eigenvalue weighted by atomic mass is 31.3. The average molecular weight is 815 g/mol. The molecule has 1 saturated heterocycles. The quantitative estimate of drug-likeness (QED) is 0.103. The van der Waals surface area contributed by atoms with Crippen LogP contribution in [0.4, 0.5) is 0 Å². The first-order chi connectivity index (χ1) is 24.1. The average Bonchev–Trinajstić information content (AvgIpc) is 3.34.